The highest BCUT2D eigenvalue weighted by atomic mass is 79.9. The molecule has 0 aliphatic rings. The Morgan fingerprint density at radius 2 is 1.89 bits per heavy atom. The normalized spacial score (nSPS) is 11.4. The van der Waals surface area contributed by atoms with Gasteiger partial charge in [-0.05, 0) is 58.4 Å². The number of amides is 1. The number of hydrogen-bond acceptors (Lipinski definition) is 5. The van der Waals surface area contributed by atoms with Crippen LogP contribution in [0.15, 0.2) is 62.8 Å². The predicted octanol–water partition coefficient (Wildman–Crippen LogP) is 3.29. The van der Waals surface area contributed by atoms with Crippen LogP contribution < -0.4 is 10.0 Å². The fraction of sp³-hybridized carbons (Fsp3) is 0.316. The van der Waals surface area contributed by atoms with E-state index in [4.69, 9.17) is 4.74 Å². The lowest BCUT2D eigenvalue weighted by molar-refractivity contribution is 0.0953. The summed E-state index contributed by atoms with van der Waals surface area (Å²) in [7, 11) is -2.20. The summed E-state index contributed by atoms with van der Waals surface area (Å²) in [6.07, 6.45) is 0.805. The zero-order chi connectivity index (χ0) is 20.4. The Bertz CT molecular complexity index is 877. The van der Waals surface area contributed by atoms with Crippen LogP contribution in [-0.4, -0.2) is 46.9 Å². The first kappa shape index (κ1) is 22.9. The van der Waals surface area contributed by atoms with Crippen molar-refractivity contribution >= 4 is 43.6 Å². The zero-order valence-corrected chi connectivity index (χ0v) is 18.7. The van der Waals surface area contributed by atoms with Crippen LogP contribution in [0.4, 0.5) is 0 Å². The number of carbonyl (C=O) groups is 1. The number of benzene rings is 2. The lowest BCUT2D eigenvalue weighted by Crippen LogP contribution is -2.28. The third-order valence-corrected chi connectivity index (χ3v) is 6.96. The maximum Gasteiger partial charge on any atom is 0.252 e. The molecule has 0 bridgehead atoms. The topological polar surface area (TPSA) is 84.5 Å². The van der Waals surface area contributed by atoms with Gasteiger partial charge in [0.25, 0.3) is 5.91 Å². The minimum atomic E-state index is -3.70. The maximum atomic E-state index is 12.5. The summed E-state index contributed by atoms with van der Waals surface area (Å²) in [6, 6.07) is 14.4. The molecule has 0 aliphatic carbocycles. The highest BCUT2D eigenvalue weighted by molar-refractivity contribution is 9.10. The molecule has 0 aromatic heterocycles. The number of halogens is 1. The van der Waals surface area contributed by atoms with Crippen LogP contribution in [0.5, 0.6) is 0 Å². The second-order valence-corrected chi connectivity index (χ2v) is 9.59. The third-order valence-electron chi connectivity index (χ3n) is 3.71. The summed E-state index contributed by atoms with van der Waals surface area (Å²) in [6.45, 7) is 0.938. The molecule has 6 nitrogen and oxygen atoms in total. The minimum Gasteiger partial charge on any atom is -0.383 e. The van der Waals surface area contributed by atoms with Crippen LogP contribution in [0.25, 0.3) is 0 Å². The smallest absolute Gasteiger partial charge is 0.252 e. The lowest BCUT2D eigenvalue weighted by Gasteiger charge is -2.10. The molecule has 0 heterocycles. The highest BCUT2D eigenvalue weighted by Crippen LogP contribution is 2.21. The molecule has 0 atom stereocenters. The largest absolute Gasteiger partial charge is 0.383 e. The van der Waals surface area contributed by atoms with Gasteiger partial charge in [-0.2, -0.15) is 0 Å². The molecule has 0 saturated heterocycles. The fourth-order valence-electron chi connectivity index (χ4n) is 2.28. The van der Waals surface area contributed by atoms with Crippen LogP contribution in [0.1, 0.15) is 16.8 Å². The molecule has 0 unspecified atom stereocenters. The molecule has 152 valence electrons. The van der Waals surface area contributed by atoms with Crippen molar-refractivity contribution in [3.8, 4) is 0 Å². The summed E-state index contributed by atoms with van der Waals surface area (Å²) in [5.74, 6) is 0.564. The molecule has 0 radical (unpaired) electrons. The molecular weight excluding hydrogens is 464 g/mol. The maximum absolute atomic E-state index is 12.5. The van der Waals surface area contributed by atoms with Gasteiger partial charge in [0, 0.05) is 29.6 Å². The van der Waals surface area contributed by atoms with Gasteiger partial charge >= 0.3 is 0 Å². The monoisotopic (exact) mass is 486 g/mol. The van der Waals surface area contributed by atoms with Gasteiger partial charge in [0.15, 0.2) is 0 Å². The van der Waals surface area contributed by atoms with Crippen molar-refractivity contribution in [1.29, 1.82) is 0 Å². The van der Waals surface area contributed by atoms with Crippen molar-refractivity contribution < 1.29 is 17.9 Å². The van der Waals surface area contributed by atoms with Gasteiger partial charge in [-0.3, -0.25) is 4.79 Å². The molecule has 2 aromatic carbocycles. The average molecular weight is 487 g/mol. The second-order valence-electron chi connectivity index (χ2n) is 5.80. The number of nitrogens with one attached hydrogen (secondary N) is 2. The quantitative estimate of drug-likeness (QED) is 0.376. The molecule has 0 fully saturated rings. The van der Waals surface area contributed by atoms with Crippen LogP contribution in [0.2, 0.25) is 0 Å². The number of thioether (sulfide) groups is 1. The van der Waals surface area contributed by atoms with E-state index in [0.717, 1.165) is 12.2 Å². The summed E-state index contributed by atoms with van der Waals surface area (Å²) in [4.78, 5) is 13.7. The molecular formula is C19H23BrN2O4S2. The summed E-state index contributed by atoms with van der Waals surface area (Å²) in [5, 5.41) is 2.84. The van der Waals surface area contributed by atoms with Gasteiger partial charge in [-0.25, -0.2) is 13.1 Å². The van der Waals surface area contributed by atoms with Crippen molar-refractivity contribution in [2.75, 3.05) is 32.6 Å². The van der Waals surface area contributed by atoms with Gasteiger partial charge in [-0.1, -0.05) is 18.2 Å². The Labute approximate surface area is 178 Å². The van der Waals surface area contributed by atoms with Crippen molar-refractivity contribution in [2.45, 2.75) is 16.2 Å². The van der Waals surface area contributed by atoms with Gasteiger partial charge in [0.1, 0.15) is 0 Å². The van der Waals surface area contributed by atoms with Crippen molar-refractivity contribution in [1.82, 2.24) is 10.0 Å². The molecule has 2 aromatic rings. The van der Waals surface area contributed by atoms with E-state index in [-0.39, 0.29) is 29.5 Å². The van der Waals surface area contributed by atoms with Gasteiger partial charge in [-0.15, -0.1) is 11.8 Å². The Kier molecular flexibility index (Phi) is 9.46. The standard InChI is InChI=1S/C19H23BrN2O4S2/c1-26-12-11-22-28(24,25)16-8-9-18(20)17(14-16)19(23)21-10-5-13-27-15-6-3-2-4-7-15/h2-4,6-9,14,22H,5,10-13H2,1H3,(H,21,23). The number of sulfonamides is 1. The lowest BCUT2D eigenvalue weighted by atomic mass is 10.2. The Morgan fingerprint density at radius 3 is 2.61 bits per heavy atom. The van der Waals surface area contributed by atoms with Crippen LogP contribution in [0, 0.1) is 0 Å². The predicted molar refractivity (Wildman–Crippen MR) is 115 cm³/mol. The number of ether oxygens (including phenoxy) is 1. The van der Waals surface area contributed by atoms with E-state index in [1.165, 1.54) is 24.1 Å². The van der Waals surface area contributed by atoms with E-state index >= 15 is 0 Å². The summed E-state index contributed by atoms with van der Waals surface area (Å²) in [5.41, 5.74) is 0.283. The van der Waals surface area contributed by atoms with Gasteiger partial charge in [0.2, 0.25) is 10.0 Å². The van der Waals surface area contributed by atoms with E-state index in [2.05, 4.69) is 26.0 Å². The fourth-order valence-corrected chi connectivity index (χ4v) is 4.62. The Balaban J connectivity index is 1.89. The average Bonchev–Trinajstić information content (AvgIpc) is 2.68. The molecule has 28 heavy (non-hydrogen) atoms. The van der Waals surface area contributed by atoms with E-state index in [1.807, 2.05) is 30.3 Å². The van der Waals surface area contributed by atoms with E-state index in [1.54, 1.807) is 17.8 Å². The molecule has 1 amide bonds. The molecule has 9 heteroatoms. The number of carbonyl (C=O) groups excluding carboxylic acids is 1. The number of methoxy groups -OCH3 is 1. The first-order chi connectivity index (χ1) is 13.4. The van der Waals surface area contributed by atoms with Gasteiger partial charge in [0.05, 0.1) is 17.1 Å². The zero-order valence-electron chi connectivity index (χ0n) is 15.5. The van der Waals surface area contributed by atoms with Gasteiger partial charge < -0.3 is 10.1 Å². The van der Waals surface area contributed by atoms with E-state index in [9.17, 15) is 13.2 Å². The molecule has 2 rings (SSSR count). The van der Waals surface area contributed by atoms with Crippen molar-refractivity contribution in [3.05, 3.63) is 58.6 Å². The first-order valence-corrected chi connectivity index (χ1v) is 11.9. The second kappa shape index (κ2) is 11.6. The van der Waals surface area contributed by atoms with Crippen LogP contribution in [0.3, 0.4) is 0 Å². The molecule has 2 N–H and O–H groups in total. The van der Waals surface area contributed by atoms with Crippen LogP contribution in [-0.2, 0) is 14.8 Å². The Hall–Kier alpha value is -1.39. The van der Waals surface area contributed by atoms with Crippen LogP contribution >= 0.6 is 27.7 Å². The number of rotatable bonds is 11. The third kappa shape index (κ3) is 7.21. The first-order valence-electron chi connectivity index (χ1n) is 8.68. The molecule has 0 aliphatic heterocycles. The Morgan fingerprint density at radius 1 is 1.14 bits per heavy atom. The minimum absolute atomic E-state index is 0.0385. The van der Waals surface area contributed by atoms with E-state index in [0.29, 0.717) is 11.0 Å². The summed E-state index contributed by atoms with van der Waals surface area (Å²) < 4.78 is 32.4. The van der Waals surface area contributed by atoms with Crippen molar-refractivity contribution in [3.63, 3.8) is 0 Å². The molecule has 0 saturated carbocycles. The summed E-state index contributed by atoms with van der Waals surface area (Å²) >= 11 is 5.04. The molecule has 0 spiro atoms. The van der Waals surface area contributed by atoms with E-state index < -0.39 is 10.0 Å². The van der Waals surface area contributed by atoms with Crippen molar-refractivity contribution in [2.24, 2.45) is 0 Å². The highest BCUT2D eigenvalue weighted by Gasteiger charge is 2.18. The number of hydrogen-bond donors (Lipinski definition) is 2. The SMILES string of the molecule is COCCNS(=O)(=O)c1ccc(Br)c(C(=O)NCCCSc2ccccc2)c1.